The molecule has 0 aromatic carbocycles. The van der Waals surface area contributed by atoms with Gasteiger partial charge in [0.25, 0.3) is 5.56 Å². The van der Waals surface area contributed by atoms with E-state index in [2.05, 4.69) is 15.3 Å². The van der Waals surface area contributed by atoms with Gasteiger partial charge < -0.3 is 10.3 Å². The highest BCUT2D eigenvalue weighted by molar-refractivity contribution is 4.91. The lowest BCUT2D eigenvalue weighted by Crippen LogP contribution is -2.21. The molecule has 0 saturated heterocycles. The second-order valence-electron chi connectivity index (χ2n) is 3.36. The zero-order valence-electron chi connectivity index (χ0n) is 7.42. The number of hydrogen-bond donors (Lipinski definition) is 2. The highest BCUT2D eigenvalue weighted by Crippen LogP contribution is 2.18. The summed E-state index contributed by atoms with van der Waals surface area (Å²) in [6, 6.07) is 2.15. The van der Waals surface area contributed by atoms with Crippen molar-refractivity contribution in [1.29, 1.82) is 0 Å². The highest BCUT2D eigenvalue weighted by atomic mass is 16.1. The molecule has 13 heavy (non-hydrogen) atoms. The largest absolute Gasteiger partial charge is 0.314 e. The van der Waals surface area contributed by atoms with E-state index in [0.29, 0.717) is 0 Å². The summed E-state index contributed by atoms with van der Waals surface area (Å²) in [5, 5.41) is 3.36. The van der Waals surface area contributed by atoms with Gasteiger partial charge in [-0.3, -0.25) is 4.79 Å². The predicted molar refractivity (Wildman–Crippen MR) is 49.6 cm³/mol. The minimum Gasteiger partial charge on any atom is -0.314 e. The van der Waals surface area contributed by atoms with Crippen LogP contribution in [0.2, 0.25) is 0 Å². The smallest absolute Gasteiger partial charge is 0.250 e. The average molecular weight is 179 g/mol. The normalized spacial score (nSPS) is 16.0. The van der Waals surface area contributed by atoms with Gasteiger partial charge in [-0.1, -0.05) is 0 Å². The quantitative estimate of drug-likeness (QED) is 0.687. The molecule has 0 aliphatic heterocycles. The van der Waals surface area contributed by atoms with Crippen molar-refractivity contribution in [2.24, 2.45) is 0 Å². The number of rotatable bonds is 4. The molecular formula is C9H13N3O. The van der Waals surface area contributed by atoms with Gasteiger partial charge in [0, 0.05) is 31.3 Å². The third-order valence-electron chi connectivity index (χ3n) is 2.10. The van der Waals surface area contributed by atoms with Gasteiger partial charge in [0.15, 0.2) is 0 Å². The zero-order chi connectivity index (χ0) is 9.10. The molecule has 1 aliphatic carbocycles. The number of aromatic nitrogens is 2. The van der Waals surface area contributed by atoms with E-state index >= 15 is 0 Å². The number of nitrogens with zero attached hydrogens (tertiary/aromatic N) is 1. The van der Waals surface area contributed by atoms with Crippen LogP contribution in [0.4, 0.5) is 0 Å². The predicted octanol–water partition coefficient (Wildman–Crippen LogP) is 0.0644. The first-order valence-corrected chi connectivity index (χ1v) is 4.62. The Balaban J connectivity index is 1.82. The van der Waals surface area contributed by atoms with E-state index < -0.39 is 0 Å². The van der Waals surface area contributed by atoms with Crippen LogP contribution in [-0.4, -0.2) is 22.6 Å². The van der Waals surface area contributed by atoms with E-state index in [1.807, 2.05) is 0 Å². The maximum Gasteiger partial charge on any atom is 0.250 e. The summed E-state index contributed by atoms with van der Waals surface area (Å²) in [7, 11) is 0. The van der Waals surface area contributed by atoms with E-state index in [4.69, 9.17) is 0 Å². The van der Waals surface area contributed by atoms with Crippen LogP contribution in [0.25, 0.3) is 0 Å². The van der Waals surface area contributed by atoms with E-state index in [0.717, 1.165) is 24.8 Å². The van der Waals surface area contributed by atoms with Gasteiger partial charge in [0.1, 0.15) is 5.82 Å². The van der Waals surface area contributed by atoms with Crippen LogP contribution in [0.3, 0.4) is 0 Å². The molecule has 0 atom stereocenters. The first-order valence-electron chi connectivity index (χ1n) is 4.62. The number of aromatic amines is 1. The fourth-order valence-corrected chi connectivity index (χ4v) is 1.22. The lowest BCUT2D eigenvalue weighted by Gasteiger charge is -2.00. The summed E-state index contributed by atoms with van der Waals surface area (Å²) in [4.78, 5) is 17.6. The molecule has 1 heterocycles. The van der Waals surface area contributed by atoms with Gasteiger partial charge in [0.2, 0.25) is 0 Å². The third-order valence-corrected chi connectivity index (χ3v) is 2.10. The standard InChI is InChI=1S/C9H13N3O/c13-9-4-6-11-8(12-9)3-5-10-7-1-2-7/h4,6-7,10H,1-3,5H2,(H,11,12,13). The van der Waals surface area contributed by atoms with Gasteiger partial charge in [-0.05, 0) is 12.8 Å². The molecule has 1 aromatic rings. The Morgan fingerprint density at radius 2 is 2.46 bits per heavy atom. The maximum atomic E-state index is 10.9. The summed E-state index contributed by atoms with van der Waals surface area (Å²) in [6.45, 7) is 0.900. The van der Waals surface area contributed by atoms with E-state index in [1.54, 1.807) is 6.20 Å². The Hall–Kier alpha value is -1.16. The van der Waals surface area contributed by atoms with Crippen molar-refractivity contribution in [3.05, 3.63) is 28.4 Å². The lowest BCUT2D eigenvalue weighted by atomic mass is 10.4. The van der Waals surface area contributed by atoms with Crippen LogP contribution in [0.1, 0.15) is 18.7 Å². The minimum absolute atomic E-state index is 0.0728. The maximum absolute atomic E-state index is 10.9. The Labute approximate surface area is 76.4 Å². The van der Waals surface area contributed by atoms with Gasteiger partial charge >= 0.3 is 0 Å². The molecule has 0 bridgehead atoms. The van der Waals surface area contributed by atoms with Gasteiger partial charge in [-0.15, -0.1) is 0 Å². The van der Waals surface area contributed by atoms with E-state index in [-0.39, 0.29) is 5.56 Å². The van der Waals surface area contributed by atoms with Gasteiger partial charge in [0.05, 0.1) is 0 Å². The summed E-state index contributed by atoms with van der Waals surface area (Å²) in [6.07, 6.45) is 4.93. The molecule has 1 saturated carbocycles. The molecule has 2 N–H and O–H groups in total. The Morgan fingerprint density at radius 1 is 1.62 bits per heavy atom. The van der Waals surface area contributed by atoms with E-state index in [1.165, 1.54) is 18.9 Å². The van der Waals surface area contributed by atoms with Crippen LogP contribution in [0.5, 0.6) is 0 Å². The summed E-state index contributed by atoms with van der Waals surface area (Å²) >= 11 is 0. The van der Waals surface area contributed by atoms with Crippen molar-refractivity contribution in [2.75, 3.05) is 6.54 Å². The summed E-state index contributed by atoms with van der Waals surface area (Å²) in [5.41, 5.74) is -0.0728. The summed E-state index contributed by atoms with van der Waals surface area (Å²) in [5.74, 6) is 0.764. The molecule has 0 amide bonds. The van der Waals surface area contributed by atoms with Crippen LogP contribution in [-0.2, 0) is 6.42 Å². The van der Waals surface area contributed by atoms with Gasteiger partial charge in [-0.25, -0.2) is 4.98 Å². The molecule has 0 unspecified atom stereocenters. The Kier molecular flexibility index (Phi) is 2.40. The molecule has 1 aromatic heterocycles. The topological polar surface area (TPSA) is 57.8 Å². The van der Waals surface area contributed by atoms with Crippen molar-refractivity contribution in [2.45, 2.75) is 25.3 Å². The highest BCUT2D eigenvalue weighted by Gasteiger charge is 2.19. The molecule has 1 aliphatic rings. The molecule has 70 valence electrons. The van der Waals surface area contributed by atoms with Crippen molar-refractivity contribution < 1.29 is 0 Å². The first kappa shape index (κ1) is 8.44. The summed E-state index contributed by atoms with van der Waals surface area (Å²) < 4.78 is 0. The van der Waals surface area contributed by atoms with Crippen molar-refractivity contribution in [3.8, 4) is 0 Å². The van der Waals surface area contributed by atoms with Crippen LogP contribution < -0.4 is 10.9 Å². The second kappa shape index (κ2) is 3.70. The number of hydrogen-bond acceptors (Lipinski definition) is 3. The Morgan fingerprint density at radius 3 is 3.15 bits per heavy atom. The second-order valence-corrected chi connectivity index (χ2v) is 3.36. The van der Waals surface area contributed by atoms with Crippen molar-refractivity contribution in [3.63, 3.8) is 0 Å². The molecule has 2 rings (SSSR count). The van der Waals surface area contributed by atoms with Gasteiger partial charge in [-0.2, -0.15) is 0 Å². The molecule has 4 nitrogen and oxygen atoms in total. The van der Waals surface area contributed by atoms with Crippen LogP contribution in [0.15, 0.2) is 17.1 Å². The molecule has 0 radical (unpaired) electrons. The average Bonchev–Trinajstić information content (AvgIpc) is 2.88. The minimum atomic E-state index is -0.0728. The molecule has 4 heteroatoms. The third kappa shape index (κ3) is 2.66. The number of nitrogens with one attached hydrogen (secondary N) is 2. The first-order chi connectivity index (χ1) is 6.34. The molecule has 0 spiro atoms. The molecule has 1 fully saturated rings. The monoisotopic (exact) mass is 179 g/mol. The zero-order valence-corrected chi connectivity index (χ0v) is 7.42. The molecular weight excluding hydrogens is 166 g/mol. The lowest BCUT2D eigenvalue weighted by molar-refractivity contribution is 0.664. The van der Waals surface area contributed by atoms with Crippen LogP contribution in [0, 0.1) is 0 Å². The van der Waals surface area contributed by atoms with Crippen LogP contribution >= 0.6 is 0 Å². The Bertz CT molecular complexity index is 330. The van der Waals surface area contributed by atoms with E-state index in [9.17, 15) is 4.79 Å². The van der Waals surface area contributed by atoms with Crippen molar-refractivity contribution in [1.82, 2.24) is 15.3 Å². The fourth-order valence-electron chi connectivity index (χ4n) is 1.22. The SMILES string of the molecule is O=c1ccnc(CCNC2CC2)[nH]1. The van der Waals surface area contributed by atoms with Crippen molar-refractivity contribution >= 4 is 0 Å². The fraction of sp³-hybridized carbons (Fsp3) is 0.556. The number of H-pyrrole nitrogens is 1.